The van der Waals surface area contributed by atoms with Crippen molar-refractivity contribution in [2.24, 2.45) is 5.92 Å². The third kappa shape index (κ3) is 2.87. The van der Waals surface area contributed by atoms with Crippen LogP contribution in [0.25, 0.3) is 0 Å². The number of carboxylic acid groups (broad SMARTS) is 1. The molecule has 5 nitrogen and oxygen atoms in total. The van der Waals surface area contributed by atoms with E-state index in [1.807, 2.05) is 0 Å². The van der Waals surface area contributed by atoms with Crippen LogP contribution in [-0.2, 0) is 0 Å². The lowest BCUT2D eigenvalue weighted by atomic mass is 10.1. The maximum Gasteiger partial charge on any atom is 0.341 e. The third-order valence-corrected chi connectivity index (χ3v) is 3.03. The zero-order valence-electron chi connectivity index (χ0n) is 9.56. The summed E-state index contributed by atoms with van der Waals surface area (Å²) in [6, 6.07) is 1.37. The van der Waals surface area contributed by atoms with Gasteiger partial charge in [0.25, 0.3) is 0 Å². The molecule has 1 aliphatic rings. The van der Waals surface area contributed by atoms with Gasteiger partial charge in [-0.05, 0) is 24.8 Å². The third-order valence-electron chi connectivity index (χ3n) is 3.03. The van der Waals surface area contributed by atoms with Crippen LogP contribution < -0.4 is 10.5 Å². The van der Waals surface area contributed by atoms with Crippen molar-refractivity contribution in [2.75, 3.05) is 12.3 Å². The molecule has 5 heteroatoms. The first-order valence-corrected chi connectivity index (χ1v) is 5.78. The van der Waals surface area contributed by atoms with Crippen LogP contribution in [0.1, 0.15) is 36.0 Å². The number of aromatic nitrogens is 1. The summed E-state index contributed by atoms with van der Waals surface area (Å²) < 4.78 is 5.49. The highest BCUT2D eigenvalue weighted by molar-refractivity contribution is 5.91. The van der Waals surface area contributed by atoms with E-state index in [1.54, 1.807) is 0 Å². The van der Waals surface area contributed by atoms with Crippen LogP contribution in [0.5, 0.6) is 5.88 Å². The maximum atomic E-state index is 11.0. The van der Waals surface area contributed by atoms with Crippen LogP contribution >= 0.6 is 0 Å². The molecule has 1 aliphatic carbocycles. The number of aromatic carboxylic acids is 1. The molecule has 0 aromatic carbocycles. The first-order chi connectivity index (χ1) is 8.16. The Morgan fingerprint density at radius 1 is 1.53 bits per heavy atom. The van der Waals surface area contributed by atoms with Gasteiger partial charge in [-0.1, -0.05) is 12.8 Å². The van der Waals surface area contributed by atoms with Crippen LogP contribution in [-0.4, -0.2) is 22.7 Å². The lowest BCUT2D eigenvalue weighted by molar-refractivity contribution is 0.0690. The van der Waals surface area contributed by atoms with E-state index < -0.39 is 5.97 Å². The number of nitrogens with zero attached hydrogens (tertiary/aromatic N) is 1. The Morgan fingerprint density at radius 3 is 2.88 bits per heavy atom. The van der Waals surface area contributed by atoms with Gasteiger partial charge in [0.05, 0.1) is 18.5 Å². The van der Waals surface area contributed by atoms with E-state index >= 15 is 0 Å². The maximum absolute atomic E-state index is 11.0. The molecule has 0 radical (unpaired) electrons. The van der Waals surface area contributed by atoms with Crippen LogP contribution in [0.2, 0.25) is 0 Å². The van der Waals surface area contributed by atoms with Crippen molar-refractivity contribution in [2.45, 2.75) is 25.7 Å². The van der Waals surface area contributed by atoms with Crippen molar-refractivity contribution in [3.05, 3.63) is 17.8 Å². The molecule has 1 aromatic heterocycles. The lowest BCUT2D eigenvalue weighted by Gasteiger charge is -2.12. The number of pyridine rings is 1. The summed E-state index contributed by atoms with van der Waals surface area (Å²) in [5, 5.41) is 9.01. The molecule has 0 bridgehead atoms. The molecule has 0 saturated heterocycles. The zero-order valence-corrected chi connectivity index (χ0v) is 9.56. The molecule has 1 fully saturated rings. The summed E-state index contributed by atoms with van der Waals surface area (Å²) in [6.07, 6.45) is 6.18. The van der Waals surface area contributed by atoms with Crippen LogP contribution in [0.4, 0.5) is 5.69 Å². The standard InChI is InChI=1S/C12H16N2O3/c13-9-5-10(12(15)16)11(14-6-9)17-7-8-3-1-2-4-8/h5-6,8H,1-4,7,13H2,(H,15,16). The number of ether oxygens (including phenoxy) is 1. The largest absolute Gasteiger partial charge is 0.477 e. The Kier molecular flexibility index (Phi) is 3.46. The fourth-order valence-electron chi connectivity index (χ4n) is 2.11. The van der Waals surface area contributed by atoms with Crippen LogP contribution in [0, 0.1) is 5.92 Å². The number of anilines is 1. The van der Waals surface area contributed by atoms with Gasteiger partial charge in [0, 0.05) is 0 Å². The SMILES string of the molecule is Nc1cnc(OCC2CCCC2)c(C(=O)O)c1. The number of rotatable bonds is 4. The second kappa shape index (κ2) is 5.03. The Labute approximate surface area is 99.6 Å². The molecule has 2 rings (SSSR count). The minimum atomic E-state index is -1.06. The molecule has 0 spiro atoms. The summed E-state index contributed by atoms with van der Waals surface area (Å²) in [6.45, 7) is 0.539. The van der Waals surface area contributed by atoms with Crippen LogP contribution in [0.15, 0.2) is 12.3 Å². The van der Waals surface area contributed by atoms with Crippen molar-refractivity contribution in [1.29, 1.82) is 0 Å². The fraction of sp³-hybridized carbons (Fsp3) is 0.500. The molecule has 0 amide bonds. The normalized spacial score (nSPS) is 16.0. The Hall–Kier alpha value is -1.78. The number of carbonyl (C=O) groups is 1. The Morgan fingerprint density at radius 2 is 2.24 bits per heavy atom. The molecule has 0 atom stereocenters. The number of hydrogen-bond acceptors (Lipinski definition) is 4. The molecule has 0 aliphatic heterocycles. The van der Waals surface area contributed by atoms with Gasteiger partial charge >= 0.3 is 5.97 Å². The van der Waals surface area contributed by atoms with Crippen molar-refractivity contribution in [3.63, 3.8) is 0 Å². The molecule has 92 valence electrons. The van der Waals surface area contributed by atoms with E-state index in [9.17, 15) is 4.79 Å². The quantitative estimate of drug-likeness (QED) is 0.834. The first-order valence-electron chi connectivity index (χ1n) is 5.78. The van der Waals surface area contributed by atoms with Crippen molar-refractivity contribution >= 4 is 11.7 Å². The van der Waals surface area contributed by atoms with Gasteiger partial charge in [0.2, 0.25) is 5.88 Å². The highest BCUT2D eigenvalue weighted by Gasteiger charge is 2.18. The summed E-state index contributed by atoms with van der Waals surface area (Å²) in [5.41, 5.74) is 5.86. The highest BCUT2D eigenvalue weighted by Crippen LogP contribution is 2.26. The molecule has 1 aromatic rings. The number of hydrogen-bond donors (Lipinski definition) is 2. The fourth-order valence-corrected chi connectivity index (χ4v) is 2.11. The van der Waals surface area contributed by atoms with E-state index in [0.29, 0.717) is 18.2 Å². The second-order valence-corrected chi connectivity index (χ2v) is 4.39. The van der Waals surface area contributed by atoms with Crippen molar-refractivity contribution < 1.29 is 14.6 Å². The summed E-state index contributed by atoms with van der Waals surface area (Å²) in [7, 11) is 0. The number of nitrogens with two attached hydrogens (primary N) is 1. The number of carboxylic acids is 1. The van der Waals surface area contributed by atoms with Gasteiger partial charge in [-0.3, -0.25) is 0 Å². The summed E-state index contributed by atoms with van der Waals surface area (Å²) >= 11 is 0. The smallest absolute Gasteiger partial charge is 0.341 e. The predicted octanol–water partition coefficient (Wildman–Crippen LogP) is 1.93. The van der Waals surface area contributed by atoms with Gasteiger partial charge in [-0.25, -0.2) is 9.78 Å². The minimum absolute atomic E-state index is 0.0306. The molecular formula is C12H16N2O3. The first kappa shape index (κ1) is 11.7. The second-order valence-electron chi connectivity index (χ2n) is 4.39. The monoisotopic (exact) mass is 236 g/mol. The molecular weight excluding hydrogens is 220 g/mol. The molecule has 1 heterocycles. The van der Waals surface area contributed by atoms with E-state index in [4.69, 9.17) is 15.6 Å². The molecule has 17 heavy (non-hydrogen) atoms. The molecule has 3 N–H and O–H groups in total. The average molecular weight is 236 g/mol. The van der Waals surface area contributed by atoms with Gasteiger partial charge in [0.15, 0.2) is 0 Å². The van der Waals surface area contributed by atoms with E-state index in [1.165, 1.54) is 25.1 Å². The van der Waals surface area contributed by atoms with Crippen LogP contribution in [0.3, 0.4) is 0 Å². The van der Waals surface area contributed by atoms with Crippen molar-refractivity contribution in [3.8, 4) is 5.88 Å². The zero-order chi connectivity index (χ0) is 12.3. The summed E-state index contributed by atoms with van der Waals surface area (Å²) in [5.74, 6) is -0.374. The minimum Gasteiger partial charge on any atom is -0.477 e. The van der Waals surface area contributed by atoms with Gasteiger partial charge in [-0.2, -0.15) is 0 Å². The average Bonchev–Trinajstić information content (AvgIpc) is 2.80. The molecule has 0 unspecified atom stereocenters. The lowest BCUT2D eigenvalue weighted by Crippen LogP contribution is -2.12. The predicted molar refractivity (Wildman–Crippen MR) is 63.1 cm³/mol. The van der Waals surface area contributed by atoms with E-state index in [-0.39, 0.29) is 11.4 Å². The summed E-state index contributed by atoms with van der Waals surface area (Å²) in [4.78, 5) is 14.9. The van der Waals surface area contributed by atoms with Gasteiger partial charge in [0.1, 0.15) is 5.56 Å². The highest BCUT2D eigenvalue weighted by atomic mass is 16.5. The van der Waals surface area contributed by atoms with Crippen molar-refractivity contribution in [1.82, 2.24) is 4.98 Å². The molecule has 1 saturated carbocycles. The number of nitrogen functional groups attached to an aromatic ring is 1. The van der Waals surface area contributed by atoms with Gasteiger partial charge in [-0.15, -0.1) is 0 Å². The Balaban J connectivity index is 2.06. The van der Waals surface area contributed by atoms with E-state index in [0.717, 1.165) is 12.8 Å². The van der Waals surface area contributed by atoms with E-state index in [2.05, 4.69) is 4.98 Å². The van der Waals surface area contributed by atoms with Gasteiger partial charge < -0.3 is 15.6 Å². The topological polar surface area (TPSA) is 85.4 Å². The Bertz CT molecular complexity index is 414.